The molecular weight excluding hydrogens is 512 g/mol. The molecule has 2 aliphatic rings. The molecule has 5 rings (SSSR count). The van der Waals surface area contributed by atoms with E-state index in [9.17, 15) is 4.79 Å². The van der Waals surface area contributed by atoms with Crippen LogP contribution in [0.15, 0.2) is 60.7 Å². The number of hydrogen-bond acceptors (Lipinski definition) is 5. The molecule has 0 fully saturated rings. The first-order valence-corrected chi connectivity index (χ1v) is 15.6. The van der Waals surface area contributed by atoms with Crippen molar-refractivity contribution in [2.75, 3.05) is 13.2 Å². The molecule has 41 heavy (non-hydrogen) atoms. The van der Waals surface area contributed by atoms with Crippen molar-refractivity contribution in [2.45, 2.75) is 84.7 Å². The highest BCUT2D eigenvalue weighted by atomic mass is 16.6. The lowest BCUT2D eigenvalue weighted by Gasteiger charge is -2.36. The Balaban J connectivity index is 1.49. The Morgan fingerprint density at radius 3 is 1.76 bits per heavy atom. The topological polar surface area (TPSA) is 54.0 Å². The van der Waals surface area contributed by atoms with Crippen molar-refractivity contribution in [1.29, 1.82) is 0 Å². The molecule has 0 radical (unpaired) electrons. The number of esters is 1. The van der Waals surface area contributed by atoms with E-state index < -0.39 is 5.60 Å². The van der Waals surface area contributed by atoms with Gasteiger partial charge in [-0.1, -0.05) is 84.4 Å². The van der Waals surface area contributed by atoms with Crippen molar-refractivity contribution in [3.05, 3.63) is 82.9 Å². The summed E-state index contributed by atoms with van der Waals surface area (Å²) in [4.78, 5) is 13.2. The lowest BCUT2D eigenvalue weighted by atomic mass is 9.77. The number of unbranched alkanes of at least 4 members (excludes halogenated alkanes) is 2. The van der Waals surface area contributed by atoms with Crippen LogP contribution in [0, 0.1) is 11.8 Å². The molecule has 2 heterocycles. The predicted molar refractivity (Wildman–Crippen MR) is 162 cm³/mol. The van der Waals surface area contributed by atoms with Crippen molar-refractivity contribution >= 4 is 5.97 Å². The summed E-state index contributed by atoms with van der Waals surface area (Å²) < 4.78 is 25.4. The molecule has 0 bridgehead atoms. The van der Waals surface area contributed by atoms with E-state index in [-0.39, 0.29) is 5.97 Å². The van der Waals surface area contributed by atoms with Gasteiger partial charge in [-0.05, 0) is 55.0 Å². The highest BCUT2D eigenvalue weighted by molar-refractivity contribution is 5.97. The number of benzene rings is 3. The summed E-state index contributed by atoms with van der Waals surface area (Å²) in [5.74, 6) is 3.48. The Labute approximate surface area is 245 Å². The highest BCUT2D eigenvalue weighted by Crippen LogP contribution is 2.57. The number of hydrogen-bond donors (Lipinski definition) is 0. The van der Waals surface area contributed by atoms with Crippen molar-refractivity contribution in [3.63, 3.8) is 0 Å². The third kappa shape index (κ3) is 5.82. The molecule has 218 valence electrons. The van der Waals surface area contributed by atoms with Crippen LogP contribution in [0.2, 0.25) is 0 Å². The predicted octanol–water partition coefficient (Wildman–Crippen LogP) is 9.45. The maximum atomic E-state index is 13.2. The van der Waals surface area contributed by atoms with Crippen LogP contribution in [0.5, 0.6) is 23.0 Å². The van der Waals surface area contributed by atoms with E-state index in [2.05, 4.69) is 27.7 Å². The molecular formula is C36H44O5. The molecule has 2 unspecified atom stereocenters. The van der Waals surface area contributed by atoms with Crippen LogP contribution >= 0.6 is 0 Å². The second kappa shape index (κ2) is 13.0. The Kier molecular flexibility index (Phi) is 9.22. The van der Waals surface area contributed by atoms with Gasteiger partial charge in [0.15, 0.2) is 5.60 Å². The Morgan fingerprint density at radius 1 is 0.707 bits per heavy atom. The van der Waals surface area contributed by atoms with Crippen molar-refractivity contribution in [1.82, 2.24) is 0 Å². The van der Waals surface area contributed by atoms with Gasteiger partial charge in [0.05, 0.1) is 18.8 Å². The normalized spacial score (nSPS) is 18.1. The van der Waals surface area contributed by atoms with Crippen LogP contribution in [0.4, 0.5) is 0 Å². The standard InChI is InChI=1S/C36H44O5/c1-5-9-13-25(7-3)23-38-27-17-19-31-33(21-27)40-34-22-28(39-24-26(8-4)14-10-6-2)18-20-32(34)36(31)30-16-12-11-15-29(30)35(37)41-36/h11-12,15-22,25-26H,5-10,13-14,23-24H2,1-4H3. The Hall–Kier alpha value is -3.47. The molecule has 1 spiro atoms. The van der Waals surface area contributed by atoms with Crippen molar-refractivity contribution in [2.24, 2.45) is 11.8 Å². The van der Waals surface area contributed by atoms with Gasteiger partial charge < -0.3 is 18.9 Å². The highest BCUT2D eigenvalue weighted by Gasteiger charge is 2.53. The summed E-state index contributed by atoms with van der Waals surface area (Å²) in [6, 6.07) is 19.4. The van der Waals surface area contributed by atoms with Crippen LogP contribution in [0.3, 0.4) is 0 Å². The van der Waals surface area contributed by atoms with Gasteiger partial charge in [-0.2, -0.15) is 0 Å². The molecule has 3 aromatic carbocycles. The Morgan fingerprint density at radius 2 is 1.24 bits per heavy atom. The number of ether oxygens (including phenoxy) is 4. The van der Waals surface area contributed by atoms with Crippen LogP contribution in [0.1, 0.15) is 106 Å². The largest absolute Gasteiger partial charge is 0.493 e. The molecule has 3 aromatic rings. The third-order valence-corrected chi connectivity index (χ3v) is 8.71. The smallest absolute Gasteiger partial charge is 0.340 e. The van der Waals surface area contributed by atoms with Gasteiger partial charge in [-0.15, -0.1) is 0 Å². The van der Waals surface area contributed by atoms with E-state index in [1.807, 2.05) is 60.7 Å². The quantitative estimate of drug-likeness (QED) is 0.185. The minimum Gasteiger partial charge on any atom is -0.493 e. The summed E-state index contributed by atoms with van der Waals surface area (Å²) in [5.41, 5.74) is 1.92. The van der Waals surface area contributed by atoms with Crippen LogP contribution < -0.4 is 14.2 Å². The molecule has 5 heteroatoms. The Bertz CT molecular complexity index is 1280. The van der Waals surface area contributed by atoms with E-state index in [1.165, 1.54) is 25.7 Å². The van der Waals surface area contributed by atoms with Crippen LogP contribution in [0.25, 0.3) is 0 Å². The first kappa shape index (κ1) is 29.0. The molecule has 0 aromatic heterocycles. The summed E-state index contributed by atoms with van der Waals surface area (Å²) >= 11 is 0. The lowest BCUT2D eigenvalue weighted by molar-refractivity contribution is 0.0224. The van der Waals surface area contributed by atoms with Gasteiger partial charge in [0, 0.05) is 28.8 Å². The average Bonchev–Trinajstić information content (AvgIpc) is 3.29. The maximum Gasteiger partial charge on any atom is 0.340 e. The molecule has 0 N–H and O–H groups in total. The fraction of sp³-hybridized carbons (Fsp3) is 0.472. The van der Waals surface area contributed by atoms with Crippen LogP contribution in [-0.2, 0) is 10.3 Å². The van der Waals surface area contributed by atoms with Crippen molar-refractivity contribution < 1.29 is 23.7 Å². The van der Waals surface area contributed by atoms with E-state index >= 15 is 0 Å². The minimum absolute atomic E-state index is 0.330. The number of carbonyl (C=O) groups excluding carboxylic acids is 1. The van der Waals surface area contributed by atoms with Gasteiger partial charge in [0.2, 0.25) is 0 Å². The van der Waals surface area contributed by atoms with Crippen LogP contribution in [-0.4, -0.2) is 19.2 Å². The van der Waals surface area contributed by atoms with Gasteiger partial charge in [0.1, 0.15) is 23.0 Å². The summed E-state index contributed by atoms with van der Waals surface area (Å²) in [7, 11) is 0. The fourth-order valence-electron chi connectivity index (χ4n) is 6.04. The molecule has 2 aliphatic heterocycles. The maximum absolute atomic E-state index is 13.2. The van der Waals surface area contributed by atoms with E-state index in [0.717, 1.165) is 53.9 Å². The molecule has 0 saturated heterocycles. The second-order valence-electron chi connectivity index (χ2n) is 11.5. The van der Waals surface area contributed by atoms with E-state index in [1.54, 1.807) is 0 Å². The fourth-order valence-corrected chi connectivity index (χ4v) is 6.04. The summed E-state index contributed by atoms with van der Waals surface area (Å²) in [5, 5.41) is 0. The first-order chi connectivity index (χ1) is 20.0. The summed E-state index contributed by atoms with van der Waals surface area (Å²) in [6.45, 7) is 10.2. The number of rotatable bonds is 14. The third-order valence-electron chi connectivity index (χ3n) is 8.71. The van der Waals surface area contributed by atoms with Gasteiger partial charge in [0.25, 0.3) is 0 Å². The second-order valence-corrected chi connectivity index (χ2v) is 11.5. The zero-order chi connectivity index (χ0) is 28.8. The zero-order valence-corrected chi connectivity index (χ0v) is 25.0. The lowest BCUT2D eigenvalue weighted by Crippen LogP contribution is -2.33. The minimum atomic E-state index is -1.09. The first-order valence-electron chi connectivity index (χ1n) is 15.6. The molecule has 0 saturated carbocycles. The van der Waals surface area contributed by atoms with E-state index in [4.69, 9.17) is 18.9 Å². The van der Waals surface area contributed by atoms with Crippen molar-refractivity contribution in [3.8, 4) is 23.0 Å². The zero-order valence-electron chi connectivity index (χ0n) is 25.0. The SMILES string of the molecule is CCCCC(CC)COc1ccc2c(c1)Oc1cc(OCC(CC)CCCC)ccc1C21OC(=O)c2ccccc21. The van der Waals surface area contributed by atoms with Gasteiger partial charge >= 0.3 is 5.97 Å². The van der Waals surface area contributed by atoms with E-state index in [0.29, 0.717) is 42.1 Å². The monoisotopic (exact) mass is 556 g/mol. The van der Waals surface area contributed by atoms with Gasteiger partial charge in [-0.3, -0.25) is 0 Å². The molecule has 0 amide bonds. The number of fused-ring (bicyclic) bond motifs is 6. The summed E-state index contributed by atoms with van der Waals surface area (Å²) in [6.07, 6.45) is 9.30. The molecule has 2 atom stereocenters. The molecule has 0 aliphatic carbocycles. The molecule has 5 nitrogen and oxygen atoms in total. The van der Waals surface area contributed by atoms with Gasteiger partial charge in [-0.25, -0.2) is 4.79 Å². The number of carbonyl (C=O) groups is 1. The average molecular weight is 557 g/mol.